The zero-order valence-electron chi connectivity index (χ0n) is 17.6. The van der Waals surface area contributed by atoms with Crippen LogP contribution >= 0.6 is 0 Å². The summed E-state index contributed by atoms with van der Waals surface area (Å²) >= 11 is 0. The van der Waals surface area contributed by atoms with Crippen molar-refractivity contribution >= 4 is 17.8 Å². The van der Waals surface area contributed by atoms with Crippen LogP contribution in [-0.2, 0) is 14.4 Å². The van der Waals surface area contributed by atoms with Gasteiger partial charge in [-0.15, -0.1) is 0 Å². The largest absolute Gasteiger partial charge is 0.494 e. The lowest BCUT2D eigenvalue weighted by atomic mass is 10.0. The number of aliphatic carboxylic acids is 1. The minimum atomic E-state index is -1.21. The maximum atomic E-state index is 12.8. The highest BCUT2D eigenvalue weighted by molar-refractivity contribution is 6.18. The number of carboxylic acids is 1. The third kappa shape index (κ3) is 10.2. The van der Waals surface area contributed by atoms with Gasteiger partial charge in [0.25, 0.3) is 11.8 Å². The van der Waals surface area contributed by atoms with Gasteiger partial charge in [0.15, 0.2) is 5.57 Å². The first-order valence-corrected chi connectivity index (χ1v) is 10.3. The SMILES string of the molecule is CCCC(CCC)NC(=O)C(C(=O)NC(CCC)CCC)=C(O)NCC(=O)O. The second-order valence-electron chi connectivity index (χ2n) is 6.97. The van der Waals surface area contributed by atoms with Crippen LogP contribution in [-0.4, -0.2) is 46.6 Å². The summed E-state index contributed by atoms with van der Waals surface area (Å²) in [5.74, 6) is -3.34. The number of hydrogen-bond acceptors (Lipinski definition) is 5. The lowest BCUT2D eigenvalue weighted by Crippen LogP contribution is -2.44. The third-order valence-electron chi connectivity index (χ3n) is 4.32. The molecule has 0 aliphatic heterocycles. The monoisotopic (exact) mass is 399 g/mol. The zero-order chi connectivity index (χ0) is 21.5. The smallest absolute Gasteiger partial charge is 0.322 e. The number of rotatable bonds is 15. The number of aliphatic hydroxyl groups is 1. The van der Waals surface area contributed by atoms with Crippen LogP contribution in [0.1, 0.15) is 79.1 Å². The molecule has 5 N–H and O–H groups in total. The molecule has 0 aromatic carbocycles. The van der Waals surface area contributed by atoms with Crippen LogP contribution in [0.5, 0.6) is 0 Å². The fraction of sp³-hybridized carbons (Fsp3) is 0.750. The van der Waals surface area contributed by atoms with Gasteiger partial charge in [-0.25, -0.2) is 0 Å². The second kappa shape index (κ2) is 14.8. The van der Waals surface area contributed by atoms with Crippen molar-refractivity contribution in [3.05, 3.63) is 11.5 Å². The van der Waals surface area contributed by atoms with Crippen LogP contribution < -0.4 is 16.0 Å². The Kier molecular flexibility index (Phi) is 13.6. The number of carbonyl (C=O) groups is 3. The zero-order valence-corrected chi connectivity index (χ0v) is 17.6. The van der Waals surface area contributed by atoms with E-state index in [1.54, 1.807) is 0 Å². The Labute approximate surface area is 168 Å². The highest BCUT2D eigenvalue weighted by atomic mass is 16.4. The van der Waals surface area contributed by atoms with E-state index in [0.717, 1.165) is 51.4 Å². The van der Waals surface area contributed by atoms with E-state index in [2.05, 4.69) is 16.0 Å². The fourth-order valence-electron chi connectivity index (χ4n) is 3.05. The molecule has 2 amide bonds. The molecule has 0 saturated heterocycles. The molecule has 0 bridgehead atoms. The van der Waals surface area contributed by atoms with E-state index in [0.29, 0.717) is 0 Å². The Morgan fingerprint density at radius 1 is 0.714 bits per heavy atom. The maximum absolute atomic E-state index is 12.8. The summed E-state index contributed by atoms with van der Waals surface area (Å²) in [7, 11) is 0. The topological polar surface area (TPSA) is 128 Å². The molecule has 162 valence electrons. The lowest BCUT2D eigenvalue weighted by Gasteiger charge is -2.21. The summed E-state index contributed by atoms with van der Waals surface area (Å²) in [6.07, 6.45) is 6.50. The van der Waals surface area contributed by atoms with Gasteiger partial charge < -0.3 is 26.2 Å². The molecular weight excluding hydrogens is 362 g/mol. The molecule has 0 saturated carbocycles. The minimum absolute atomic E-state index is 0.111. The lowest BCUT2D eigenvalue weighted by molar-refractivity contribution is -0.136. The van der Waals surface area contributed by atoms with E-state index in [4.69, 9.17) is 5.11 Å². The van der Waals surface area contributed by atoms with Crippen molar-refractivity contribution in [2.45, 2.75) is 91.1 Å². The standard InChI is InChI=1S/C20H37N3O5/c1-5-9-14(10-6-2)22-19(27)17(18(26)21-13-16(24)25)20(28)23-15(11-7-3)12-8-4/h14-15,21,26H,5-13H2,1-4H3,(H,22,27)(H,23,28)(H,24,25). The van der Waals surface area contributed by atoms with Gasteiger partial charge in [-0.05, 0) is 25.7 Å². The second-order valence-corrected chi connectivity index (χ2v) is 6.97. The molecule has 0 atom stereocenters. The molecule has 8 heteroatoms. The summed E-state index contributed by atoms with van der Waals surface area (Å²) in [5, 5.41) is 26.9. The first kappa shape index (κ1) is 25.8. The maximum Gasteiger partial charge on any atom is 0.322 e. The summed E-state index contributed by atoms with van der Waals surface area (Å²) in [5.41, 5.74) is -0.476. The van der Waals surface area contributed by atoms with E-state index < -0.39 is 35.8 Å². The third-order valence-corrected chi connectivity index (χ3v) is 4.32. The number of nitrogens with one attached hydrogen (secondary N) is 3. The van der Waals surface area contributed by atoms with Crippen molar-refractivity contribution < 1.29 is 24.6 Å². The Morgan fingerprint density at radius 3 is 1.36 bits per heavy atom. The van der Waals surface area contributed by atoms with Crippen molar-refractivity contribution in [3.63, 3.8) is 0 Å². The van der Waals surface area contributed by atoms with Gasteiger partial charge in [0.2, 0.25) is 5.88 Å². The van der Waals surface area contributed by atoms with Crippen molar-refractivity contribution in [2.75, 3.05) is 6.54 Å². The number of amides is 2. The molecule has 0 unspecified atom stereocenters. The molecule has 0 aliphatic rings. The molecule has 0 aromatic heterocycles. The summed E-state index contributed by atoms with van der Waals surface area (Å²) in [6.45, 7) is 7.42. The molecule has 0 rings (SSSR count). The molecule has 0 aliphatic carbocycles. The van der Waals surface area contributed by atoms with Crippen molar-refractivity contribution in [2.24, 2.45) is 0 Å². The Hall–Kier alpha value is -2.25. The predicted molar refractivity (Wildman–Crippen MR) is 109 cm³/mol. The first-order valence-electron chi connectivity index (χ1n) is 10.3. The quantitative estimate of drug-likeness (QED) is 0.125. The average molecular weight is 400 g/mol. The summed E-state index contributed by atoms with van der Waals surface area (Å²) in [6, 6.07) is -0.223. The van der Waals surface area contributed by atoms with Gasteiger partial charge in [-0.2, -0.15) is 0 Å². The Balaban J connectivity index is 5.54. The van der Waals surface area contributed by atoms with Crippen LogP contribution in [0.3, 0.4) is 0 Å². The summed E-state index contributed by atoms with van der Waals surface area (Å²) < 4.78 is 0. The highest BCUT2D eigenvalue weighted by Crippen LogP contribution is 2.10. The van der Waals surface area contributed by atoms with Gasteiger partial charge in [0.1, 0.15) is 6.54 Å². The molecule has 0 radical (unpaired) electrons. The van der Waals surface area contributed by atoms with E-state index in [1.165, 1.54) is 0 Å². The van der Waals surface area contributed by atoms with E-state index in [-0.39, 0.29) is 12.1 Å². The van der Waals surface area contributed by atoms with Crippen LogP contribution in [0, 0.1) is 0 Å². The highest BCUT2D eigenvalue weighted by Gasteiger charge is 2.27. The fourth-order valence-corrected chi connectivity index (χ4v) is 3.05. The van der Waals surface area contributed by atoms with E-state index >= 15 is 0 Å². The first-order chi connectivity index (χ1) is 13.3. The normalized spacial score (nSPS) is 10.6. The van der Waals surface area contributed by atoms with Gasteiger partial charge >= 0.3 is 5.97 Å². The molecule has 0 fully saturated rings. The van der Waals surface area contributed by atoms with Gasteiger partial charge in [-0.3, -0.25) is 14.4 Å². The van der Waals surface area contributed by atoms with Crippen molar-refractivity contribution in [1.29, 1.82) is 0 Å². The van der Waals surface area contributed by atoms with Crippen molar-refractivity contribution in [3.8, 4) is 0 Å². The Bertz CT molecular complexity index is 490. The van der Waals surface area contributed by atoms with Crippen LogP contribution in [0.4, 0.5) is 0 Å². The van der Waals surface area contributed by atoms with E-state index in [1.807, 2.05) is 27.7 Å². The van der Waals surface area contributed by atoms with Gasteiger partial charge in [0.05, 0.1) is 0 Å². The number of carboxylic acid groups (broad SMARTS) is 1. The number of carbonyl (C=O) groups excluding carboxylic acids is 2. The molecule has 28 heavy (non-hydrogen) atoms. The van der Waals surface area contributed by atoms with Crippen LogP contribution in [0.15, 0.2) is 11.5 Å². The van der Waals surface area contributed by atoms with Gasteiger partial charge in [-0.1, -0.05) is 53.4 Å². The van der Waals surface area contributed by atoms with Gasteiger partial charge in [0, 0.05) is 12.1 Å². The number of aliphatic hydroxyl groups excluding tert-OH is 1. The van der Waals surface area contributed by atoms with E-state index in [9.17, 15) is 19.5 Å². The minimum Gasteiger partial charge on any atom is -0.494 e. The van der Waals surface area contributed by atoms with Crippen LogP contribution in [0.25, 0.3) is 0 Å². The molecule has 8 nitrogen and oxygen atoms in total. The van der Waals surface area contributed by atoms with Crippen molar-refractivity contribution in [1.82, 2.24) is 16.0 Å². The molecule has 0 heterocycles. The predicted octanol–water partition coefficient (Wildman–Crippen LogP) is 2.60. The molecule has 0 spiro atoms. The van der Waals surface area contributed by atoms with Crippen LogP contribution in [0.2, 0.25) is 0 Å². The summed E-state index contributed by atoms with van der Waals surface area (Å²) in [4.78, 5) is 36.3. The average Bonchev–Trinajstić information content (AvgIpc) is 2.61. The number of hydrogen-bond donors (Lipinski definition) is 5. The molecule has 0 aromatic rings. The molecular formula is C20H37N3O5. The Morgan fingerprint density at radius 2 is 1.07 bits per heavy atom.